The average molecular weight is 355 g/mol. The first-order valence-electron chi connectivity index (χ1n) is 8.86. The Balaban J connectivity index is 1.78. The molecule has 1 aromatic carbocycles. The number of hydrogen-bond acceptors (Lipinski definition) is 3. The molecule has 1 aliphatic carbocycles. The van der Waals surface area contributed by atoms with Gasteiger partial charge in [0.25, 0.3) is 0 Å². The van der Waals surface area contributed by atoms with Gasteiger partial charge >= 0.3 is 0 Å². The van der Waals surface area contributed by atoms with E-state index in [9.17, 15) is 12.8 Å². The summed E-state index contributed by atoms with van der Waals surface area (Å²) >= 11 is 0. The molecule has 0 spiro atoms. The van der Waals surface area contributed by atoms with Gasteiger partial charge in [0.15, 0.2) is 0 Å². The van der Waals surface area contributed by atoms with Crippen molar-refractivity contribution in [3.05, 3.63) is 35.6 Å². The van der Waals surface area contributed by atoms with Gasteiger partial charge in [-0.15, -0.1) is 0 Å². The highest BCUT2D eigenvalue weighted by Crippen LogP contribution is 2.30. The Hall–Kier alpha value is -0.980. The van der Waals surface area contributed by atoms with Crippen LogP contribution in [0.25, 0.3) is 0 Å². The van der Waals surface area contributed by atoms with Gasteiger partial charge in [0, 0.05) is 12.6 Å². The molecular formula is C18H26FNO3S. The summed E-state index contributed by atoms with van der Waals surface area (Å²) in [5, 5.41) is 0. The van der Waals surface area contributed by atoms with Crippen molar-refractivity contribution in [2.24, 2.45) is 5.92 Å². The van der Waals surface area contributed by atoms with E-state index in [-0.39, 0.29) is 24.2 Å². The molecule has 1 saturated heterocycles. The van der Waals surface area contributed by atoms with Crippen LogP contribution in [-0.2, 0) is 21.3 Å². The van der Waals surface area contributed by atoms with Gasteiger partial charge in [-0.25, -0.2) is 12.8 Å². The van der Waals surface area contributed by atoms with Gasteiger partial charge in [-0.3, -0.25) is 0 Å². The van der Waals surface area contributed by atoms with E-state index in [4.69, 9.17) is 4.74 Å². The van der Waals surface area contributed by atoms with E-state index in [2.05, 4.69) is 0 Å². The molecule has 2 fully saturated rings. The normalized spacial score (nSPS) is 26.1. The minimum atomic E-state index is -3.35. The van der Waals surface area contributed by atoms with E-state index < -0.39 is 10.0 Å². The largest absolute Gasteiger partial charge is 0.379 e. The molecule has 6 heteroatoms. The predicted octanol–water partition coefficient (Wildman–Crippen LogP) is 3.33. The Morgan fingerprint density at radius 3 is 2.54 bits per heavy atom. The summed E-state index contributed by atoms with van der Waals surface area (Å²) in [5.74, 6) is 0.297. The molecule has 1 atom stereocenters. The van der Waals surface area contributed by atoms with Crippen LogP contribution in [0.2, 0.25) is 0 Å². The van der Waals surface area contributed by atoms with Crippen molar-refractivity contribution in [3.63, 3.8) is 0 Å². The predicted molar refractivity (Wildman–Crippen MR) is 91.5 cm³/mol. The van der Waals surface area contributed by atoms with E-state index >= 15 is 0 Å². The molecular weight excluding hydrogens is 329 g/mol. The second kappa shape index (κ2) is 7.93. The summed E-state index contributed by atoms with van der Waals surface area (Å²) in [4.78, 5) is 0. The van der Waals surface area contributed by atoms with E-state index in [1.165, 1.54) is 44.2 Å². The van der Waals surface area contributed by atoms with Gasteiger partial charge in [0.1, 0.15) is 5.82 Å². The molecule has 4 nitrogen and oxygen atoms in total. The van der Waals surface area contributed by atoms with Gasteiger partial charge in [0.05, 0.1) is 19.0 Å². The molecule has 1 saturated carbocycles. The molecule has 0 aromatic heterocycles. The Morgan fingerprint density at radius 2 is 1.83 bits per heavy atom. The fraction of sp³-hybridized carbons (Fsp3) is 0.667. The molecule has 3 rings (SSSR count). The number of nitrogens with zero attached hydrogens (tertiary/aromatic N) is 1. The molecule has 1 aliphatic heterocycles. The fourth-order valence-electron chi connectivity index (χ4n) is 3.80. The molecule has 0 unspecified atom stereocenters. The molecule has 0 radical (unpaired) electrons. The van der Waals surface area contributed by atoms with Crippen molar-refractivity contribution in [2.45, 2.75) is 51.1 Å². The first-order valence-corrected chi connectivity index (χ1v) is 10.5. The highest BCUT2D eigenvalue weighted by atomic mass is 32.2. The van der Waals surface area contributed by atoms with Crippen molar-refractivity contribution in [1.29, 1.82) is 0 Å². The SMILES string of the molecule is O=S1(=O)CCOC[C@H](CC2CCCCC2)N1Cc1ccc(F)cc1. The van der Waals surface area contributed by atoms with Crippen molar-refractivity contribution in [1.82, 2.24) is 4.31 Å². The van der Waals surface area contributed by atoms with E-state index in [1.54, 1.807) is 16.4 Å². The minimum absolute atomic E-state index is 0.0232. The Bertz CT molecular complexity index is 626. The Morgan fingerprint density at radius 1 is 1.12 bits per heavy atom. The summed E-state index contributed by atoms with van der Waals surface area (Å²) in [5.41, 5.74) is 0.815. The van der Waals surface area contributed by atoms with Gasteiger partial charge in [0.2, 0.25) is 10.0 Å². The van der Waals surface area contributed by atoms with Crippen LogP contribution >= 0.6 is 0 Å². The Kier molecular flexibility index (Phi) is 5.89. The zero-order valence-corrected chi connectivity index (χ0v) is 14.8. The molecule has 24 heavy (non-hydrogen) atoms. The van der Waals surface area contributed by atoms with Crippen LogP contribution in [0, 0.1) is 11.7 Å². The average Bonchev–Trinajstić information content (AvgIpc) is 2.70. The third-order valence-corrected chi connectivity index (χ3v) is 6.97. The van der Waals surface area contributed by atoms with Crippen molar-refractivity contribution < 1.29 is 17.5 Å². The van der Waals surface area contributed by atoms with Crippen molar-refractivity contribution in [3.8, 4) is 0 Å². The maximum atomic E-state index is 13.1. The van der Waals surface area contributed by atoms with Crippen LogP contribution in [0.5, 0.6) is 0 Å². The van der Waals surface area contributed by atoms with E-state index in [0.29, 0.717) is 19.1 Å². The summed E-state index contributed by atoms with van der Waals surface area (Å²) in [6.07, 6.45) is 6.99. The zero-order chi connectivity index (χ0) is 17.0. The molecule has 1 heterocycles. The summed E-state index contributed by atoms with van der Waals surface area (Å²) in [7, 11) is -3.35. The summed E-state index contributed by atoms with van der Waals surface area (Å²) in [6.45, 7) is 1.00. The molecule has 2 aliphatic rings. The van der Waals surface area contributed by atoms with Gasteiger partial charge in [-0.2, -0.15) is 4.31 Å². The lowest BCUT2D eigenvalue weighted by molar-refractivity contribution is 0.0939. The zero-order valence-electron chi connectivity index (χ0n) is 14.0. The Labute approximate surface area is 144 Å². The highest BCUT2D eigenvalue weighted by molar-refractivity contribution is 7.89. The standard InChI is InChI=1S/C18H26FNO3S/c19-17-8-6-16(7-9-17)13-20-18(12-15-4-2-1-3-5-15)14-23-10-11-24(20,21)22/h6-9,15,18H,1-5,10-14H2/t18-/m0/s1. The number of ether oxygens (including phenoxy) is 1. The highest BCUT2D eigenvalue weighted by Gasteiger charge is 2.34. The van der Waals surface area contributed by atoms with Gasteiger partial charge in [-0.05, 0) is 30.0 Å². The number of benzene rings is 1. The third-order valence-electron chi connectivity index (χ3n) is 5.14. The number of rotatable bonds is 4. The minimum Gasteiger partial charge on any atom is -0.379 e. The second-order valence-corrected chi connectivity index (χ2v) is 9.00. The molecule has 0 N–H and O–H groups in total. The number of halogens is 1. The first-order chi connectivity index (χ1) is 11.5. The lowest BCUT2D eigenvalue weighted by atomic mass is 9.85. The van der Waals surface area contributed by atoms with Crippen LogP contribution in [0.15, 0.2) is 24.3 Å². The number of hydrogen-bond donors (Lipinski definition) is 0. The lowest BCUT2D eigenvalue weighted by Gasteiger charge is -2.32. The second-order valence-electron chi connectivity index (χ2n) is 6.96. The fourth-order valence-corrected chi connectivity index (χ4v) is 5.31. The topological polar surface area (TPSA) is 46.6 Å². The lowest BCUT2D eigenvalue weighted by Crippen LogP contribution is -2.42. The number of sulfonamides is 1. The molecule has 1 aromatic rings. The quantitative estimate of drug-likeness (QED) is 0.832. The maximum Gasteiger partial charge on any atom is 0.217 e. The van der Waals surface area contributed by atoms with Crippen molar-refractivity contribution >= 4 is 10.0 Å². The van der Waals surface area contributed by atoms with Crippen molar-refractivity contribution in [2.75, 3.05) is 19.0 Å². The third kappa shape index (κ3) is 4.55. The van der Waals surface area contributed by atoms with Crippen LogP contribution in [-0.4, -0.2) is 37.7 Å². The van der Waals surface area contributed by atoms with E-state index in [0.717, 1.165) is 12.0 Å². The summed E-state index contributed by atoms with van der Waals surface area (Å²) in [6, 6.07) is 5.96. The van der Waals surface area contributed by atoms with Gasteiger partial charge < -0.3 is 4.74 Å². The smallest absolute Gasteiger partial charge is 0.217 e. The molecule has 0 amide bonds. The molecule has 134 valence electrons. The van der Waals surface area contributed by atoms with Crippen LogP contribution < -0.4 is 0 Å². The van der Waals surface area contributed by atoms with Crippen LogP contribution in [0.4, 0.5) is 4.39 Å². The van der Waals surface area contributed by atoms with E-state index in [1.807, 2.05) is 0 Å². The van der Waals surface area contributed by atoms with Gasteiger partial charge in [-0.1, -0.05) is 44.2 Å². The molecule has 0 bridgehead atoms. The van der Waals surface area contributed by atoms with Crippen LogP contribution in [0.1, 0.15) is 44.1 Å². The summed E-state index contributed by atoms with van der Waals surface area (Å²) < 4.78 is 45.7. The first kappa shape index (κ1) is 17.8. The maximum absolute atomic E-state index is 13.1. The monoisotopic (exact) mass is 355 g/mol. The van der Waals surface area contributed by atoms with Crippen LogP contribution in [0.3, 0.4) is 0 Å².